The van der Waals surface area contributed by atoms with E-state index in [1.165, 1.54) is 12.4 Å². The lowest BCUT2D eigenvalue weighted by Crippen LogP contribution is -2.33. The predicted octanol–water partition coefficient (Wildman–Crippen LogP) is -0.0814. The third-order valence-corrected chi connectivity index (χ3v) is 2.82. The molecule has 1 amide bonds. The van der Waals surface area contributed by atoms with Crippen LogP contribution in [0.3, 0.4) is 0 Å². The van der Waals surface area contributed by atoms with Crippen molar-refractivity contribution in [1.29, 1.82) is 0 Å². The van der Waals surface area contributed by atoms with Gasteiger partial charge >= 0.3 is 0 Å². The topological polar surface area (TPSA) is 102 Å². The molecule has 0 bridgehead atoms. The van der Waals surface area contributed by atoms with Gasteiger partial charge in [-0.3, -0.25) is 9.78 Å². The van der Waals surface area contributed by atoms with E-state index in [0.717, 1.165) is 19.4 Å². The fraction of sp³-hybridized carbons (Fsp3) is 0.545. The van der Waals surface area contributed by atoms with E-state index < -0.39 is 0 Å². The molecule has 1 saturated heterocycles. The number of nitrogens with one attached hydrogen (secondary N) is 2. The number of hydrogen-bond donors (Lipinski definition) is 3. The van der Waals surface area contributed by atoms with Crippen molar-refractivity contribution in [1.82, 2.24) is 15.3 Å². The third kappa shape index (κ3) is 3.38. The van der Waals surface area contributed by atoms with Crippen LogP contribution in [0.15, 0.2) is 12.4 Å². The molecular formula is C11H17N5O2. The van der Waals surface area contributed by atoms with E-state index in [2.05, 4.69) is 20.7 Å². The van der Waals surface area contributed by atoms with Gasteiger partial charge in [0.15, 0.2) is 5.82 Å². The Morgan fingerprint density at radius 3 is 3.17 bits per heavy atom. The highest BCUT2D eigenvalue weighted by Gasteiger charge is 2.16. The molecule has 0 radical (unpaired) electrons. The molecule has 7 nitrogen and oxygen atoms in total. The second-order valence-electron chi connectivity index (χ2n) is 4.23. The molecule has 0 aliphatic carbocycles. The Balaban J connectivity index is 1.86. The number of hydrazine groups is 1. The Bertz CT molecular complexity index is 406. The molecular weight excluding hydrogens is 234 g/mol. The van der Waals surface area contributed by atoms with Crippen molar-refractivity contribution in [2.24, 2.45) is 11.8 Å². The molecule has 1 fully saturated rings. The van der Waals surface area contributed by atoms with Crippen LogP contribution in [0.5, 0.6) is 0 Å². The van der Waals surface area contributed by atoms with Crippen LogP contribution in [0.1, 0.15) is 23.3 Å². The van der Waals surface area contributed by atoms with Crippen molar-refractivity contribution in [2.75, 3.05) is 25.2 Å². The summed E-state index contributed by atoms with van der Waals surface area (Å²) in [4.78, 5) is 19.7. The SMILES string of the molecule is NNc1cncc(C(=O)NCC2CCCOC2)n1. The van der Waals surface area contributed by atoms with Gasteiger partial charge in [0.2, 0.25) is 0 Å². The minimum absolute atomic E-state index is 0.245. The maximum absolute atomic E-state index is 11.8. The summed E-state index contributed by atoms with van der Waals surface area (Å²) in [6.45, 7) is 2.12. The van der Waals surface area contributed by atoms with Crippen molar-refractivity contribution in [3.63, 3.8) is 0 Å². The number of aromatic nitrogens is 2. The van der Waals surface area contributed by atoms with Gasteiger partial charge in [-0.15, -0.1) is 0 Å². The summed E-state index contributed by atoms with van der Waals surface area (Å²) >= 11 is 0. The fourth-order valence-corrected chi connectivity index (χ4v) is 1.84. The van der Waals surface area contributed by atoms with Gasteiger partial charge < -0.3 is 15.5 Å². The number of carbonyl (C=O) groups is 1. The minimum atomic E-state index is -0.245. The average Bonchev–Trinajstić information content (AvgIpc) is 2.46. The van der Waals surface area contributed by atoms with Crippen LogP contribution < -0.4 is 16.6 Å². The second kappa shape index (κ2) is 6.27. The molecule has 2 heterocycles. The monoisotopic (exact) mass is 251 g/mol. The zero-order chi connectivity index (χ0) is 12.8. The molecule has 0 spiro atoms. The maximum atomic E-state index is 11.8. The molecule has 7 heteroatoms. The van der Waals surface area contributed by atoms with Crippen molar-refractivity contribution in [3.05, 3.63) is 18.1 Å². The molecule has 1 unspecified atom stereocenters. The summed E-state index contributed by atoms with van der Waals surface area (Å²) in [5.74, 6) is 5.71. The van der Waals surface area contributed by atoms with E-state index in [1.807, 2.05) is 0 Å². The molecule has 0 aromatic carbocycles. The first kappa shape index (κ1) is 12.7. The van der Waals surface area contributed by atoms with E-state index in [-0.39, 0.29) is 11.6 Å². The molecule has 1 aromatic heterocycles. The Morgan fingerprint density at radius 1 is 1.56 bits per heavy atom. The van der Waals surface area contributed by atoms with Crippen molar-refractivity contribution < 1.29 is 9.53 Å². The van der Waals surface area contributed by atoms with Gasteiger partial charge in [-0.25, -0.2) is 10.8 Å². The van der Waals surface area contributed by atoms with Crippen molar-refractivity contribution in [2.45, 2.75) is 12.8 Å². The van der Waals surface area contributed by atoms with Gasteiger partial charge in [0.25, 0.3) is 5.91 Å². The van der Waals surface area contributed by atoms with Crippen LogP contribution in [0, 0.1) is 5.92 Å². The number of ether oxygens (including phenoxy) is 1. The number of nitrogens with zero attached hydrogens (tertiary/aromatic N) is 2. The smallest absolute Gasteiger partial charge is 0.271 e. The van der Waals surface area contributed by atoms with Crippen LogP contribution >= 0.6 is 0 Å². The molecule has 98 valence electrons. The lowest BCUT2D eigenvalue weighted by molar-refractivity contribution is 0.0535. The molecule has 1 aliphatic heterocycles. The number of amides is 1. The third-order valence-electron chi connectivity index (χ3n) is 2.82. The molecule has 4 N–H and O–H groups in total. The van der Waals surface area contributed by atoms with E-state index in [4.69, 9.17) is 10.6 Å². The van der Waals surface area contributed by atoms with Crippen LogP contribution in [0.2, 0.25) is 0 Å². The Morgan fingerprint density at radius 2 is 2.44 bits per heavy atom. The summed E-state index contributed by atoms with van der Waals surface area (Å²) in [5.41, 5.74) is 2.61. The standard InChI is InChI=1S/C11H17N5O2/c12-16-10-6-13-5-9(15-10)11(17)14-4-8-2-1-3-18-7-8/h5-6,8H,1-4,7,12H2,(H,14,17)(H,15,16). The van der Waals surface area contributed by atoms with Gasteiger partial charge in [0.1, 0.15) is 5.69 Å². The molecule has 2 rings (SSSR count). The Kier molecular flexibility index (Phi) is 4.43. The van der Waals surface area contributed by atoms with Gasteiger partial charge in [0.05, 0.1) is 19.0 Å². The molecule has 1 aromatic rings. The summed E-state index contributed by atoms with van der Waals surface area (Å²) in [7, 11) is 0. The minimum Gasteiger partial charge on any atom is -0.381 e. The Hall–Kier alpha value is -1.73. The summed E-state index contributed by atoms with van der Waals surface area (Å²) in [6, 6.07) is 0. The lowest BCUT2D eigenvalue weighted by atomic mass is 10.0. The van der Waals surface area contributed by atoms with Gasteiger partial charge in [-0.2, -0.15) is 0 Å². The average molecular weight is 251 g/mol. The number of nitrogens with two attached hydrogens (primary N) is 1. The highest BCUT2D eigenvalue weighted by Crippen LogP contribution is 2.12. The van der Waals surface area contributed by atoms with E-state index in [9.17, 15) is 4.79 Å². The normalized spacial score (nSPS) is 19.3. The summed E-state index contributed by atoms with van der Waals surface area (Å²) in [5, 5.41) is 2.83. The maximum Gasteiger partial charge on any atom is 0.271 e. The summed E-state index contributed by atoms with van der Waals surface area (Å²) in [6.07, 6.45) is 4.99. The van der Waals surface area contributed by atoms with Gasteiger partial charge in [-0.1, -0.05) is 0 Å². The van der Waals surface area contributed by atoms with Crippen LogP contribution in [-0.2, 0) is 4.74 Å². The molecule has 1 aliphatic rings. The number of anilines is 1. The Labute approximate surface area is 105 Å². The van der Waals surface area contributed by atoms with Crippen molar-refractivity contribution >= 4 is 11.7 Å². The zero-order valence-electron chi connectivity index (χ0n) is 10.1. The van der Waals surface area contributed by atoms with Gasteiger partial charge in [-0.05, 0) is 18.8 Å². The highest BCUT2D eigenvalue weighted by atomic mass is 16.5. The highest BCUT2D eigenvalue weighted by molar-refractivity contribution is 5.92. The number of rotatable bonds is 4. The first-order valence-corrected chi connectivity index (χ1v) is 5.94. The number of hydrogen-bond acceptors (Lipinski definition) is 6. The van der Waals surface area contributed by atoms with E-state index >= 15 is 0 Å². The fourth-order valence-electron chi connectivity index (χ4n) is 1.84. The van der Waals surface area contributed by atoms with E-state index in [0.29, 0.717) is 24.9 Å². The lowest BCUT2D eigenvalue weighted by Gasteiger charge is -2.22. The van der Waals surface area contributed by atoms with Crippen LogP contribution in [0.4, 0.5) is 5.82 Å². The van der Waals surface area contributed by atoms with Gasteiger partial charge in [0, 0.05) is 13.2 Å². The summed E-state index contributed by atoms with van der Waals surface area (Å²) < 4.78 is 5.35. The van der Waals surface area contributed by atoms with E-state index in [1.54, 1.807) is 0 Å². The van der Waals surface area contributed by atoms with Crippen LogP contribution in [-0.4, -0.2) is 35.6 Å². The number of nitrogen functional groups attached to an aromatic ring is 1. The first-order chi connectivity index (χ1) is 8.79. The quantitative estimate of drug-likeness (QED) is 0.511. The number of carbonyl (C=O) groups excluding carboxylic acids is 1. The molecule has 18 heavy (non-hydrogen) atoms. The second-order valence-corrected chi connectivity index (χ2v) is 4.23. The molecule has 0 saturated carbocycles. The van der Waals surface area contributed by atoms with Crippen molar-refractivity contribution in [3.8, 4) is 0 Å². The molecule has 1 atom stereocenters. The predicted molar refractivity (Wildman–Crippen MR) is 65.7 cm³/mol. The first-order valence-electron chi connectivity index (χ1n) is 5.94. The van der Waals surface area contributed by atoms with Crippen LogP contribution in [0.25, 0.3) is 0 Å². The largest absolute Gasteiger partial charge is 0.381 e. The zero-order valence-corrected chi connectivity index (χ0v) is 10.1.